The molecule has 9 heteroatoms. The molecule has 0 saturated carbocycles. The van der Waals surface area contributed by atoms with E-state index >= 15 is 0 Å². The minimum absolute atomic E-state index is 0.0287. The fraction of sp³-hybridized carbons (Fsp3) is 0.318. The van der Waals surface area contributed by atoms with Crippen molar-refractivity contribution in [2.45, 2.75) is 12.3 Å². The molecule has 162 valence electrons. The Hall–Kier alpha value is -3.75. The second-order valence-electron chi connectivity index (χ2n) is 6.97. The molecule has 1 aliphatic heterocycles. The molecule has 4 rings (SSSR count). The highest BCUT2D eigenvalue weighted by atomic mass is 16.5. The lowest BCUT2D eigenvalue weighted by Gasteiger charge is -2.18. The maximum Gasteiger partial charge on any atom is 0.232 e. The minimum Gasteiger partial charge on any atom is -0.497 e. The van der Waals surface area contributed by atoms with Crippen LogP contribution in [0.1, 0.15) is 18.2 Å². The number of carbonyl (C=O) groups excluding carboxylic acids is 1. The summed E-state index contributed by atoms with van der Waals surface area (Å²) in [5.41, 5.74) is 1.40. The number of aromatic nitrogens is 2. The summed E-state index contributed by atoms with van der Waals surface area (Å²) >= 11 is 0. The standard InChI is InChI=1S/C22H23N3O6/c1-27-15-6-7-16(18(11-15)29-3)21-23-22(31-24-21)13-9-20(26)25(12-13)14-5-8-17(28-2)19(10-14)30-4/h5-8,10-11,13H,9,12H2,1-4H3/t13-/m0/s1. The molecule has 1 saturated heterocycles. The predicted molar refractivity (Wildman–Crippen MR) is 112 cm³/mol. The van der Waals surface area contributed by atoms with Gasteiger partial charge in [0.2, 0.25) is 17.6 Å². The topological polar surface area (TPSA) is 96.2 Å². The van der Waals surface area contributed by atoms with Gasteiger partial charge in [0.25, 0.3) is 0 Å². The molecular weight excluding hydrogens is 402 g/mol. The van der Waals surface area contributed by atoms with E-state index in [4.69, 9.17) is 23.5 Å². The van der Waals surface area contributed by atoms with Gasteiger partial charge in [0.05, 0.1) is 39.9 Å². The molecule has 0 bridgehead atoms. The molecule has 0 N–H and O–H groups in total. The Kier molecular flexibility index (Phi) is 5.66. The third kappa shape index (κ3) is 3.86. The van der Waals surface area contributed by atoms with Crippen LogP contribution in [0, 0.1) is 0 Å². The normalized spacial score (nSPS) is 15.8. The Morgan fingerprint density at radius 2 is 1.71 bits per heavy atom. The Morgan fingerprint density at radius 1 is 0.935 bits per heavy atom. The van der Waals surface area contributed by atoms with Crippen molar-refractivity contribution in [3.63, 3.8) is 0 Å². The van der Waals surface area contributed by atoms with Crippen molar-refractivity contribution in [3.05, 3.63) is 42.3 Å². The summed E-state index contributed by atoms with van der Waals surface area (Å²) in [4.78, 5) is 18.9. The van der Waals surface area contributed by atoms with Crippen LogP contribution >= 0.6 is 0 Å². The zero-order valence-corrected chi connectivity index (χ0v) is 17.7. The Balaban J connectivity index is 1.56. The fourth-order valence-corrected chi connectivity index (χ4v) is 3.61. The fourth-order valence-electron chi connectivity index (χ4n) is 3.61. The predicted octanol–water partition coefficient (Wildman–Crippen LogP) is 3.29. The first-order valence-corrected chi connectivity index (χ1v) is 9.66. The van der Waals surface area contributed by atoms with Crippen molar-refractivity contribution in [1.29, 1.82) is 0 Å². The van der Waals surface area contributed by atoms with Gasteiger partial charge in [0, 0.05) is 30.8 Å². The third-order valence-electron chi connectivity index (χ3n) is 5.24. The van der Waals surface area contributed by atoms with Crippen molar-refractivity contribution in [1.82, 2.24) is 10.1 Å². The highest BCUT2D eigenvalue weighted by Gasteiger charge is 2.35. The monoisotopic (exact) mass is 425 g/mol. The lowest BCUT2D eigenvalue weighted by Crippen LogP contribution is -2.24. The molecule has 31 heavy (non-hydrogen) atoms. The molecule has 1 fully saturated rings. The Labute approximate surface area is 179 Å². The summed E-state index contributed by atoms with van der Waals surface area (Å²) in [6, 6.07) is 10.7. The highest BCUT2D eigenvalue weighted by Crippen LogP contribution is 2.37. The average Bonchev–Trinajstić information content (AvgIpc) is 3.45. The lowest BCUT2D eigenvalue weighted by molar-refractivity contribution is -0.117. The molecule has 1 amide bonds. The molecule has 2 aromatic carbocycles. The van der Waals surface area contributed by atoms with E-state index in [1.54, 1.807) is 57.6 Å². The van der Waals surface area contributed by atoms with Crippen LogP contribution in [0.2, 0.25) is 0 Å². The van der Waals surface area contributed by atoms with Crippen LogP contribution < -0.4 is 23.8 Å². The quantitative estimate of drug-likeness (QED) is 0.569. The van der Waals surface area contributed by atoms with Gasteiger partial charge in [-0.15, -0.1) is 0 Å². The van der Waals surface area contributed by atoms with E-state index in [0.29, 0.717) is 46.8 Å². The van der Waals surface area contributed by atoms with E-state index < -0.39 is 0 Å². The number of hydrogen-bond donors (Lipinski definition) is 0. The van der Waals surface area contributed by atoms with Crippen molar-refractivity contribution >= 4 is 11.6 Å². The Bertz CT molecular complexity index is 1100. The number of rotatable bonds is 7. The van der Waals surface area contributed by atoms with Crippen molar-refractivity contribution in [3.8, 4) is 34.4 Å². The zero-order chi connectivity index (χ0) is 22.0. The lowest BCUT2D eigenvalue weighted by atomic mass is 10.1. The van der Waals surface area contributed by atoms with Crippen molar-refractivity contribution in [2.24, 2.45) is 0 Å². The number of methoxy groups -OCH3 is 4. The molecule has 0 aliphatic carbocycles. The highest BCUT2D eigenvalue weighted by molar-refractivity contribution is 5.96. The number of carbonyl (C=O) groups is 1. The molecule has 2 heterocycles. The molecule has 3 aromatic rings. The van der Waals surface area contributed by atoms with E-state index in [9.17, 15) is 4.79 Å². The van der Waals surface area contributed by atoms with Gasteiger partial charge >= 0.3 is 0 Å². The van der Waals surface area contributed by atoms with Crippen LogP contribution in [0.3, 0.4) is 0 Å². The number of anilines is 1. The molecule has 0 radical (unpaired) electrons. The van der Waals surface area contributed by atoms with E-state index in [-0.39, 0.29) is 18.2 Å². The van der Waals surface area contributed by atoms with Crippen molar-refractivity contribution in [2.75, 3.05) is 39.9 Å². The first kappa shape index (κ1) is 20.5. The average molecular weight is 425 g/mol. The minimum atomic E-state index is -0.217. The van der Waals surface area contributed by atoms with Crippen LogP contribution in [0.5, 0.6) is 23.0 Å². The van der Waals surface area contributed by atoms with Gasteiger partial charge in [0.1, 0.15) is 11.5 Å². The van der Waals surface area contributed by atoms with Gasteiger partial charge in [-0.1, -0.05) is 5.16 Å². The molecule has 1 aliphatic rings. The van der Waals surface area contributed by atoms with E-state index in [1.807, 2.05) is 12.1 Å². The van der Waals surface area contributed by atoms with Crippen LogP contribution in [0.15, 0.2) is 40.9 Å². The van der Waals surface area contributed by atoms with Gasteiger partial charge in [0.15, 0.2) is 11.5 Å². The van der Waals surface area contributed by atoms with Gasteiger partial charge < -0.3 is 28.4 Å². The summed E-state index contributed by atoms with van der Waals surface area (Å²) in [5, 5.41) is 4.09. The maximum atomic E-state index is 12.7. The van der Waals surface area contributed by atoms with Gasteiger partial charge in [-0.2, -0.15) is 4.98 Å². The van der Waals surface area contributed by atoms with E-state index in [1.165, 1.54) is 0 Å². The molecule has 0 spiro atoms. The van der Waals surface area contributed by atoms with Gasteiger partial charge in [-0.05, 0) is 24.3 Å². The summed E-state index contributed by atoms with van der Waals surface area (Å²) in [6.45, 7) is 0.426. The number of hydrogen-bond acceptors (Lipinski definition) is 8. The number of ether oxygens (including phenoxy) is 4. The molecule has 1 atom stereocenters. The SMILES string of the molecule is COc1ccc(-c2noc([C@H]3CC(=O)N(c4ccc(OC)c(OC)c4)C3)n2)c(OC)c1. The van der Waals surface area contributed by atoms with Crippen LogP contribution in [-0.4, -0.2) is 51.0 Å². The smallest absolute Gasteiger partial charge is 0.232 e. The molecule has 1 aromatic heterocycles. The number of nitrogens with zero attached hydrogens (tertiary/aromatic N) is 3. The molecule has 9 nitrogen and oxygen atoms in total. The first-order chi connectivity index (χ1) is 15.1. The Morgan fingerprint density at radius 3 is 2.42 bits per heavy atom. The summed E-state index contributed by atoms with van der Waals surface area (Å²) in [5.74, 6) is 2.95. The van der Waals surface area contributed by atoms with E-state index in [0.717, 1.165) is 5.69 Å². The van der Waals surface area contributed by atoms with Gasteiger partial charge in [-0.3, -0.25) is 4.79 Å². The number of amides is 1. The summed E-state index contributed by atoms with van der Waals surface area (Å²) in [6.07, 6.45) is 0.274. The van der Waals surface area contributed by atoms with Crippen molar-refractivity contribution < 1.29 is 28.3 Å². The second kappa shape index (κ2) is 8.55. The van der Waals surface area contributed by atoms with Gasteiger partial charge in [-0.25, -0.2) is 0 Å². The number of benzene rings is 2. The second-order valence-corrected chi connectivity index (χ2v) is 6.97. The maximum absolute atomic E-state index is 12.7. The van der Waals surface area contributed by atoms with Crippen LogP contribution in [0.4, 0.5) is 5.69 Å². The van der Waals surface area contributed by atoms with E-state index in [2.05, 4.69) is 10.1 Å². The first-order valence-electron chi connectivity index (χ1n) is 9.66. The largest absolute Gasteiger partial charge is 0.497 e. The summed E-state index contributed by atoms with van der Waals surface area (Å²) < 4.78 is 26.8. The third-order valence-corrected chi connectivity index (χ3v) is 5.24. The van der Waals surface area contributed by atoms with Crippen LogP contribution in [0.25, 0.3) is 11.4 Å². The molecular formula is C22H23N3O6. The zero-order valence-electron chi connectivity index (χ0n) is 17.7. The summed E-state index contributed by atoms with van der Waals surface area (Å²) in [7, 11) is 6.28. The molecule has 0 unspecified atom stereocenters. The van der Waals surface area contributed by atoms with Crippen LogP contribution in [-0.2, 0) is 4.79 Å².